The number of aliphatic hydroxyl groups excluding tert-OH is 1. The van der Waals surface area contributed by atoms with Crippen LogP contribution in [-0.4, -0.2) is 37.5 Å². The summed E-state index contributed by atoms with van der Waals surface area (Å²) in [4.78, 5) is 11.0. The van der Waals surface area contributed by atoms with E-state index in [-0.39, 0.29) is 5.41 Å². The largest absolute Gasteiger partial charge is 0.467 e. The zero-order chi connectivity index (χ0) is 10.6. The topological polar surface area (TPSA) is 55.8 Å². The lowest BCUT2D eigenvalue weighted by atomic mass is 9.78. The van der Waals surface area contributed by atoms with Crippen molar-refractivity contribution in [2.75, 3.05) is 20.3 Å². The van der Waals surface area contributed by atoms with Crippen molar-refractivity contribution in [3.05, 3.63) is 0 Å². The van der Waals surface area contributed by atoms with Crippen LogP contribution in [-0.2, 0) is 14.3 Å². The van der Waals surface area contributed by atoms with Crippen molar-refractivity contribution in [2.24, 2.45) is 5.41 Å². The molecule has 0 bridgehead atoms. The van der Waals surface area contributed by atoms with Crippen molar-refractivity contribution in [1.29, 1.82) is 0 Å². The Morgan fingerprint density at radius 3 is 2.64 bits per heavy atom. The first-order chi connectivity index (χ1) is 6.57. The molecule has 1 N–H and O–H groups in total. The third kappa shape index (κ3) is 2.96. The average molecular weight is 202 g/mol. The predicted octanol–water partition coefficient (Wildman–Crippen LogP) is 0.727. The summed E-state index contributed by atoms with van der Waals surface area (Å²) in [6, 6.07) is 0. The molecule has 0 amide bonds. The van der Waals surface area contributed by atoms with Crippen LogP contribution in [0.15, 0.2) is 0 Å². The summed E-state index contributed by atoms with van der Waals surface area (Å²) in [6.45, 7) is 3.50. The Bertz CT molecular complexity index is 196. The van der Waals surface area contributed by atoms with E-state index in [1.807, 2.05) is 0 Å². The minimum Gasteiger partial charge on any atom is -0.467 e. The van der Waals surface area contributed by atoms with Crippen molar-refractivity contribution in [3.63, 3.8) is 0 Å². The fourth-order valence-electron chi connectivity index (χ4n) is 1.75. The van der Waals surface area contributed by atoms with Crippen molar-refractivity contribution >= 4 is 5.97 Å². The molecule has 1 rings (SSSR count). The van der Waals surface area contributed by atoms with Gasteiger partial charge in [0, 0.05) is 13.2 Å². The number of carbonyl (C=O) groups is 1. The lowest BCUT2D eigenvalue weighted by Gasteiger charge is -2.34. The number of methoxy groups -OCH3 is 1. The standard InChI is InChI=1S/C10H18O4/c1-10(3-5-14-6-4-10)7-8(11)9(12)13-2/h8,11H,3-7H2,1-2H3. The summed E-state index contributed by atoms with van der Waals surface area (Å²) in [5.41, 5.74) is 0.00581. The minimum absolute atomic E-state index is 0.00581. The molecule has 1 atom stereocenters. The van der Waals surface area contributed by atoms with Crippen molar-refractivity contribution < 1.29 is 19.4 Å². The van der Waals surface area contributed by atoms with Gasteiger partial charge in [-0.3, -0.25) is 0 Å². The van der Waals surface area contributed by atoms with E-state index in [1.54, 1.807) is 0 Å². The van der Waals surface area contributed by atoms with Crippen LogP contribution in [0.2, 0.25) is 0 Å². The van der Waals surface area contributed by atoms with E-state index in [1.165, 1.54) is 7.11 Å². The molecule has 0 radical (unpaired) electrons. The van der Waals surface area contributed by atoms with Crippen LogP contribution in [0, 0.1) is 5.41 Å². The molecule has 0 aromatic heterocycles. The summed E-state index contributed by atoms with van der Waals surface area (Å²) in [7, 11) is 1.29. The molecule has 1 saturated heterocycles. The average Bonchev–Trinajstić information content (AvgIpc) is 2.17. The van der Waals surface area contributed by atoms with Gasteiger partial charge in [-0.15, -0.1) is 0 Å². The SMILES string of the molecule is COC(=O)C(O)CC1(C)CCOCC1. The van der Waals surface area contributed by atoms with Crippen molar-refractivity contribution in [2.45, 2.75) is 32.3 Å². The number of hydrogen-bond acceptors (Lipinski definition) is 4. The summed E-state index contributed by atoms with van der Waals surface area (Å²) in [6.07, 6.45) is 1.24. The van der Waals surface area contributed by atoms with E-state index in [0.717, 1.165) is 12.8 Å². The van der Waals surface area contributed by atoms with E-state index in [2.05, 4.69) is 11.7 Å². The maximum Gasteiger partial charge on any atom is 0.334 e. The lowest BCUT2D eigenvalue weighted by molar-refractivity contribution is -0.153. The Morgan fingerprint density at radius 1 is 1.57 bits per heavy atom. The van der Waals surface area contributed by atoms with Gasteiger partial charge in [0.15, 0.2) is 6.10 Å². The molecule has 1 fully saturated rings. The van der Waals surface area contributed by atoms with Gasteiger partial charge >= 0.3 is 5.97 Å². The van der Waals surface area contributed by atoms with E-state index < -0.39 is 12.1 Å². The lowest BCUT2D eigenvalue weighted by Crippen LogP contribution is -2.34. The number of esters is 1. The molecule has 14 heavy (non-hydrogen) atoms. The predicted molar refractivity (Wildman–Crippen MR) is 50.8 cm³/mol. The van der Waals surface area contributed by atoms with Gasteiger partial charge in [0.05, 0.1) is 7.11 Å². The molecule has 1 aliphatic rings. The van der Waals surface area contributed by atoms with Crippen LogP contribution >= 0.6 is 0 Å². The Hall–Kier alpha value is -0.610. The van der Waals surface area contributed by atoms with Crippen LogP contribution < -0.4 is 0 Å². The van der Waals surface area contributed by atoms with E-state index >= 15 is 0 Å². The van der Waals surface area contributed by atoms with Gasteiger partial charge in [-0.1, -0.05) is 6.92 Å². The second kappa shape index (κ2) is 4.75. The maximum absolute atomic E-state index is 11.0. The highest BCUT2D eigenvalue weighted by molar-refractivity contribution is 5.74. The molecule has 4 heteroatoms. The minimum atomic E-state index is -0.997. The fraction of sp³-hybridized carbons (Fsp3) is 0.900. The third-order valence-corrected chi connectivity index (χ3v) is 2.86. The number of hydrogen-bond donors (Lipinski definition) is 1. The van der Waals surface area contributed by atoms with Gasteiger partial charge in [-0.2, -0.15) is 0 Å². The Balaban J connectivity index is 2.44. The fourth-order valence-corrected chi connectivity index (χ4v) is 1.75. The number of aliphatic hydroxyl groups is 1. The summed E-state index contributed by atoms with van der Waals surface area (Å²) >= 11 is 0. The van der Waals surface area contributed by atoms with Crippen LogP contribution in [0.3, 0.4) is 0 Å². The van der Waals surface area contributed by atoms with Gasteiger partial charge in [-0.25, -0.2) is 4.79 Å². The highest BCUT2D eigenvalue weighted by Crippen LogP contribution is 2.34. The van der Waals surface area contributed by atoms with E-state index in [9.17, 15) is 9.90 Å². The molecule has 1 aliphatic heterocycles. The van der Waals surface area contributed by atoms with Gasteiger partial charge in [-0.05, 0) is 24.7 Å². The first kappa shape index (κ1) is 11.5. The summed E-state index contributed by atoms with van der Waals surface area (Å²) < 4.78 is 9.71. The van der Waals surface area contributed by atoms with Crippen LogP contribution in [0.5, 0.6) is 0 Å². The summed E-state index contributed by atoms with van der Waals surface area (Å²) in [5, 5.41) is 9.52. The first-order valence-electron chi connectivity index (χ1n) is 4.91. The highest BCUT2D eigenvalue weighted by Gasteiger charge is 2.32. The van der Waals surface area contributed by atoms with E-state index in [0.29, 0.717) is 19.6 Å². The Morgan fingerprint density at radius 2 is 2.14 bits per heavy atom. The zero-order valence-corrected chi connectivity index (χ0v) is 8.78. The zero-order valence-electron chi connectivity index (χ0n) is 8.78. The molecule has 0 saturated carbocycles. The monoisotopic (exact) mass is 202 g/mol. The molecular formula is C10H18O4. The smallest absolute Gasteiger partial charge is 0.334 e. The molecule has 4 nitrogen and oxygen atoms in total. The molecule has 0 spiro atoms. The van der Waals surface area contributed by atoms with Crippen molar-refractivity contribution in [1.82, 2.24) is 0 Å². The van der Waals surface area contributed by atoms with Gasteiger partial charge in [0.1, 0.15) is 0 Å². The van der Waals surface area contributed by atoms with Gasteiger partial charge in [0.25, 0.3) is 0 Å². The Kier molecular flexibility index (Phi) is 3.89. The number of rotatable bonds is 3. The molecule has 0 aromatic rings. The van der Waals surface area contributed by atoms with E-state index in [4.69, 9.17) is 4.74 Å². The third-order valence-electron chi connectivity index (χ3n) is 2.86. The first-order valence-corrected chi connectivity index (χ1v) is 4.91. The molecule has 82 valence electrons. The van der Waals surface area contributed by atoms with Crippen LogP contribution in [0.25, 0.3) is 0 Å². The number of ether oxygens (including phenoxy) is 2. The Labute approximate surface area is 84.2 Å². The molecule has 1 heterocycles. The maximum atomic E-state index is 11.0. The molecular weight excluding hydrogens is 184 g/mol. The summed E-state index contributed by atoms with van der Waals surface area (Å²) in [5.74, 6) is -0.544. The van der Waals surface area contributed by atoms with Gasteiger partial charge < -0.3 is 14.6 Å². The second-order valence-electron chi connectivity index (χ2n) is 4.17. The van der Waals surface area contributed by atoms with Crippen LogP contribution in [0.1, 0.15) is 26.2 Å². The highest BCUT2D eigenvalue weighted by atomic mass is 16.5. The second-order valence-corrected chi connectivity index (χ2v) is 4.17. The van der Waals surface area contributed by atoms with Crippen molar-refractivity contribution in [3.8, 4) is 0 Å². The normalized spacial score (nSPS) is 22.8. The van der Waals surface area contributed by atoms with Crippen LogP contribution in [0.4, 0.5) is 0 Å². The molecule has 0 aromatic carbocycles. The number of carbonyl (C=O) groups excluding carboxylic acids is 1. The van der Waals surface area contributed by atoms with Gasteiger partial charge in [0.2, 0.25) is 0 Å². The molecule has 1 unspecified atom stereocenters. The molecule has 0 aliphatic carbocycles. The quantitative estimate of drug-likeness (QED) is 0.685.